The van der Waals surface area contributed by atoms with Gasteiger partial charge in [-0.15, -0.1) is 11.3 Å². The zero-order chi connectivity index (χ0) is 22.1. The molecule has 0 radical (unpaired) electrons. The van der Waals surface area contributed by atoms with Crippen LogP contribution in [0.25, 0.3) is 21.3 Å². The van der Waals surface area contributed by atoms with Crippen LogP contribution < -0.4 is 10.3 Å². The third-order valence-corrected chi connectivity index (χ3v) is 5.95. The largest absolute Gasteiger partial charge is 0.496 e. The van der Waals surface area contributed by atoms with Crippen LogP contribution in [0.15, 0.2) is 44.9 Å². The minimum absolute atomic E-state index is 0.116. The minimum atomic E-state index is -1.15. The van der Waals surface area contributed by atoms with Gasteiger partial charge in [-0.3, -0.25) is 9.36 Å². The molecule has 0 saturated carbocycles. The number of aryl methyl sites for hydroxylation is 2. The SMILES string of the molecule is CCCc1nc2scc(-c3cc(C)ccc3OC)c2c(=O)n1Cc1ccc(C(=O)O)o1. The monoisotopic (exact) mass is 438 g/mol. The van der Waals surface area contributed by atoms with E-state index >= 15 is 0 Å². The van der Waals surface area contributed by atoms with Gasteiger partial charge in [0, 0.05) is 22.9 Å². The van der Waals surface area contributed by atoms with E-state index < -0.39 is 5.97 Å². The lowest BCUT2D eigenvalue weighted by atomic mass is 10.0. The van der Waals surface area contributed by atoms with E-state index in [9.17, 15) is 9.59 Å². The fourth-order valence-corrected chi connectivity index (χ4v) is 4.56. The number of hydrogen-bond acceptors (Lipinski definition) is 6. The van der Waals surface area contributed by atoms with Gasteiger partial charge in [0.15, 0.2) is 0 Å². The van der Waals surface area contributed by atoms with E-state index in [2.05, 4.69) is 0 Å². The molecule has 0 bridgehead atoms. The molecular formula is C23H22N2O5S. The van der Waals surface area contributed by atoms with E-state index in [0.717, 1.165) is 23.1 Å². The van der Waals surface area contributed by atoms with Gasteiger partial charge >= 0.3 is 5.97 Å². The van der Waals surface area contributed by atoms with Crippen LogP contribution >= 0.6 is 11.3 Å². The number of ether oxygens (including phenoxy) is 1. The summed E-state index contributed by atoms with van der Waals surface area (Å²) < 4.78 is 12.5. The molecule has 7 nitrogen and oxygen atoms in total. The molecule has 160 valence electrons. The van der Waals surface area contributed by atoms with Gasteiger partial charge in [0.25, 0.3) is 5.56 Å². The molecule has 4 rings (SSSR count). The number of aromatic carboxylic acids is 1. The average molecular weight is 439 g/mol. The molecule has 0 amide bonds. The average Bonchev–Trinajstić information content (AvgIpc) is 3.38. The van der Waals surface area contributed by atoms with Crippen LogP contribution in [0.5, 0.6) is 5.75 Å². The van der Waals surface area contributed by atoms with E-state index in [0.29, 0.717) is 34.0 Å². The predicted molar refractivity (Wildman–Crippen MR) is 119 cm³/mol. The molecule has 0 saturated heterocycles. The first-order valence-corrected chi connectivity index (χ1v) is 10.8. The molecular weight excluding hydrogens is 416 g/mol. The van der Waals surface area contributed by atoms with E-state index in [1.165, 1.54) is 17.4 Å². The van der Waals surface area contributed by atoms with Crippen molar-refractivity contribution in [3.05, 3.63) is 69.0 Å². The van der Waals surface area contributed by atoms with E-state index in [-0.39, 0.29) is 17.9 Å². The van der Waals surface area contributed by atoms with Gasteiger partial charge in [-0.1, -0.05) is 18.6 Å². The highest BCUT2D eigenvalue weighted by Gasteiger charge is 2.20. The standard InChI is InChI=1S/C23H22N2O5S/c1-4-5-19-24-21-20(16(12-31-21)15-10-13(2)6-8-17(15)29-3)22(26)25(19)11-14-7-9-18(30-14)23(27)28/h6-10,12H,4-5,11H2,1-3H3,(H,27,28). The number of benzene rings is 1. The molecule has 0 aliphatic rings. The molecule has 0 spiro atoms. The normalized spacial score (nSPS) is 11.2. The Morgan fingerprint density at radius 2 is 2.06 bits per heavy atom. The number of aromatic nitrogens is 2. The van der Waals surface area contributed by atoms with Crippen molar-refractivity contribution in [1.82, 2.24) is 9.55 Å². The maximum Gasteiger partial charge on any atom is 0.371 e. The Hall–Kier alpha value is -3.39. The van der Waals surface area contributed by atoms with Crippen LogP contribution in [0.1, 0.15) is 41.0 Å². The number of carboxylic acids is 1. The van der Waals surface area contributed by atoms with E-state index in [1.807, 2.05) is 37.4 Å². The number of methoxy groups -OCH3 is 1. The van der Waals surface area contributed by atoms with Crippen molar-refractivity contribution in [3.8, 4) is 16.9 Å². The summed E-state index contributed by atoms with van der Waals surface area (Å²) in [6.45, 7) is 4.13. The van der Waals surface area contributed by atoms with E-state index in [4.69, 9.17) is 19.2 Å². The molecule has 0 aliphatic carbocycles. The highest BCUT2D eigenvalue weighted by atomic mass is 32.1. The summed E-state index contributed by atoms with van der Waals surface area (Å²) in [4.78, 5) is 30.2. The fraction of sp³-hybridized carbons (Fsp3) is 0.261. The number of carbonyl (C=O) groups is 1. The van der Waals surface area contributed by atoms with Crippen molar-refractivity contribution < 1.29 is 19.1 Å². The molecule has 0 atom stereocenters. The highest BCUT2D eigenvalue weighted by Crippen LogP contribution is 2.37. The van der Waals surface area contributed by atoms with Gasteiger partial charge < -0.3 is 14.3 Å². The number of rotatable bonds is 7. The Balaban J connectivity index is 1.91. The van der Waals surface area contributed by atoms with Crippen molar-refractivity contribution in [2.24, 2.45) is 0 Å². The van der Waals surface area contributed by atoms with Crippen LogP contribution in [0.4, 0.5) is 0 Å². The first-order valence-electron chi connectivity index (χ1n) is 9.90. The van der Waals surface area contributed by atoms with Gasteiger partial charge in [0.1, 0.15) is 22.2 Å². The molecule has 31 heavy (non-hydrogen) atoms. The van der Waals surface area contributed by atoms with Crippen LogP contribution in [-0.2, 0) is 13.0 Å². The number of nitrogens with zero attached hydrogens (tertiary/aromatic N) is 2. The van der Waals surface area contributed by atoms with Crippen molar-refractivity contribution in [1.29, 1.82) is 0 Å². The highest BCUT2D eigenvalue weighted by molar-refractivity contribution is 7.17. The number of fused-ring (bicyclic) bond motifs is 1. The summed E-state index contributed by atoms with van der Waals surface area (Å²) in [6, 6.07) is 8.82. The minimum Gasteiger partial charge on any atom is -0.496 e. The number of carboxylic acid groups (broad SMARTS) is 1. The van der Waals surface area contributed by atoms with E-state index in [1.54, 1.807) is 17.7 Å². The number of thiophene rings is 1. The molecule has 0 unspecified atom stereocenters. The quantitative estimate of drug-likeness (QED) is 0.448. The summed E-state index contributed by atoms with van der Waals surface area (Å²) in [5, 5.41) is 11.6. The molecule has 3 heterocycles. The molecule has 3 aromatic heterocycles. The number of hydrogen-bond donors (Lipinski definition) is 1. The lowest BCUT2D eigenvalue weighted by Gasteiger charge is -2.12. The maximum atomic E-state index is 13.6. The Bertz CT molecular complexity index is 1330. The second-order valence-electron chi connectivity index (χ2n) is 7.27. The molecule has 1 N–H and O–H groups in total. The predicted octanol–water partition coefficient (Wildman–Crippen LogP) is 4.73. The van der Waals surface area contributed by atoms with Crippen LogP contribution in [0, 0.1) is 6.92 Å². The molecule has 0 fully saturated rings. The zero-order valence-corrected chi connectivity index (χ0v) is 18.3. The Morgan fingerprint density at radius 1 is 1.26 bits per heavy atom. The number of furan rings is 1. The maximum absolute atomic E-state index is 13.6. The van der Waals surface area contributed by atoms with Gasteiger partial charge in [-0.05, 0) is 37.6 Å². The second kappa shape index (κ2) is 8.39. The summed E-state index contributed by atoms with van der Waals surface area (Å²) in [7, 11) is 1.61. The second-order valence-corrected chi connectivity index (χ2v) is 8.13. The Kier molecular flexibility index (Phi) is 5.65. The Labute approximate surface area is 182 Å². The smallest absolute Gasteiger partial charge is 0.371 e. The van der Waals surface area contributed by atoms with Crippen LogP contribution in [0.2, 0.25) is 0 Å². The Morgan fingerprint density at radius 3 is 2.74 bits per heavy atom. The first kappa shape index (κ1) is 20.9. The van der Waals surface area contributed by atoms with Gasteiger partial charge in [0.05, 0.1) is 19.0 Å². The van der Waals surface area contributed by atoms with Crippen molar-refractivity contribution in [3.63, 3.8) is 0 Å². The molecule has 4 aromatic rings. The van der Waals surface area contributed by atoms with Crippen molar-refractivity contribution >= 4 is 27.5 Å². The van der Waals surface area contributed by atoms with Gasteiger partial charge in [-0.25, -0.2) is 9.78 Å². The summed E-state index contributed by atoms with van der Waals surface area (Å²) >= 11 is 1.43. The third kappa shape index (κ3) is 3.86. The molecule has 8 heteroatoms. The van der Waals surface area contributed by atoms with Gasteiger partial charge in [0.2, 0.25) is 5.76 Å². The van der Waals surface area contributed by atoms with Crippen LogP contribution in [-0.4, -0.2) is 27.7 Å². The van der Waals surface area contributed by atoms with Gasteiger partial charge in [-0.2, -0.15) is 0 Å². The topological polar surface area (TPSA) is 94.6 Å². The van der Waals surface area contributed by atoms with Crippen molar-refractivity contribution in [2.45, 2.75) is 33.2 Å². The summed E-state index contributed by atoms with van der Waals surface area (Å²) in [5.41, 5.74) is 2.50. The first-order chi connectivity index (χ1) is 14.9. The summed E-state index contributed by atoms with van der Waals surface area (Å²) in [6.07, 6.45) is 1.44. The molecule has 1 aromatic carbocycles. The van der Waals surface area contributed by atoms with Crippen molar-refractivity contribution in [2.75, 3.05) is 7.11 Å². The lowest BCUT2D eigenvalue weighted by molar-refractivity contribution is 0.0660. The molecule has 0 aliphatic heterocycles. The van der Waals surface area contributed by atoms with Crippen LogP contribution in [0.3, 0.4) is 0 Å². The third-order valence-electron chi connectivity index (χ3n) is 5.08. The lowest BCUT2D eigenvalue weighted by Crippen LogP contribution is -2.25. The zero-order valence-electron chi connectivity index (χ0n) is 17.5. The fourth-order valence-electron chi connectivity index (χ4n) is 3.61. The summed E-state index contributed by atoms with van der Waals surface area (Å²) in [5.74, 6) is 0.425.